The van der Waals surface area contributed by atoms with Gasteiger partial charge >= 0.3 is 12.1 Å². The van der Waals surface area contributed by atoms with E-state index in [1.807, 2.05) is 10.6 Å². The summed E-state index contributed by atoms with van der Waals surface area (Å²) in [7, 11) is 0. The minimum absolute atomic E-state index is 0.114. The van der Waals surface area contributed by atoms with Gasteiger partial charge in [-0.15, -0.1) is 0 Å². The van der Waals surface area contributed by atoms with Gasteiger partial charge in [0, 0.05) is 11.1 Å². The number of aromatic carboxylic acids is 1. The summed E-state index contributed by atoms with van der Waals surface area (Å²) in [6.45, 7) is 2.31. The van der Waals surface area contributed by atoms with Crippen molar-refractivity contribution in [3.63, 3.8) is 0 Å². The number of nitrogens with zero attached hydrogens (tertiary/aromatic N) is 2. The summed E-state index contributed by atoms with van der Waals surface area (Å²) < 4.78 is 41.8. The van der Waals surface area contributed by atoms with Crippen LogP contribution in [0.5, 0.6) is 0 Å². The van der Waals surface area contributed by atoms with E-state index in [-0.39, 0.29) is 17.8 Å². The van der Waals surface area contributed by atoms with E-state index in [0.29, 0.717) is 11.4 Å². The minimum atomic E-state index is -4.53. The van der Waals surface area contributed by atoms with Crippen LogP contribution >= 0.6 is 0 Å². The molecule has 7 heteroatoms. The van der Waals surface area contributed by atoms with Gasteiger partial charge in [-0.1, -0.05) is 57.2 Å². The highest BCUT2D eigenvalue weighted by molar-refractivity contribution is 6.04. The number of pyridine rings is 1. The van der Waals surface area contributed by atoms with Crippen LogP contribution in [-0.4, -0.2) is 20.6 Å². The average Bonchev–Trinajstić information content (AvgIpc) is 2.94. The van der Waals surface area contributed by atoms with Gasteiger partial charge in [-0.05, 0) is 55.4 Å². The second-order valence-corrected chi connectivity index (χ2v) is 9.34. The third-order valence-electron chi connectivity index (χ3n) is 6.94. The molecule has 0 fully saturated rings. The molecule has 182 valence electrons. The Bertz CT molecular complexity index is 1170. The molecule has 2 heterocycles. The molecule has 1 N–H and O–H groups in total. The van der Waals surface area contributed by atoms with Crippen molar-refractivity contribution in [1.82, 2.24) is 9.55 Å². The highest BCUT2D eigenvalue weighted by Crippen LogP contribution is 2.37. The molecule has 1 aliphatic carbocycles. The average molecular weight is 473 g/mol. The van der Waals surface area contributed by atoms with Crippen LogP contribution in [-0.2, 0) is 25.6 Å². The summed E-state index contributed by atoms with van der Waals surface area (Å²) in [6.07, 6.45) is 5.19. The maximum Gasteiger partial charge on any atom is 0.433 e. The van der Waals surface area contributed by atoms with Crippen LogP contribution < -0.4 is 0 Å². The van der Waals surface area contributed by atoms with Crippen molar-refractivity contribution in [2.24, 2.45) is 5.92 Å². The van der Waals surface area contributed by atoms with Crippen molar-refractivity contribution in [3.05, 3.63) is 64.6 Å². The van der Waals surface area contributed by atoms with Gasteiger partial charge in [0.25, 0.3) is 0 Å². The third-order valence-corrected chi connectivity index (χ3v) is 6.94. The van der Waals surface area contributed by atoms with Crippen LogP contribution in [0.15, 0.2) is 36.4 Å². The summed E-state index contributed by atoms with van der Waals surface area (Å²) in [5.41, 5.74) is 2.31. The number of benzene rings is 1. The molecule has 1 aromatic carbocycles. The molecule has 2 aromatic heterocycles. The molecule has 0 saturated heterocycles. The van der Waals surface area contributed by atoms with E-state index in [1.165, 1.54) is 31.7 Å². The normalized spacial score (nSPS) is 16.4. The molecule has 0 amide bonds. The highest BCUT2D eigenvalue weighted by Gasteiger charge is 2.33. The van der Waals surface area contributed by atoms with Gasteiger partial charge in [0.15, 0.2) is 0 Å². The number of carbonyl (C=O) groups is 1. The molecule has 0 aliphatic heterocycles. The lowest BCUT2D eigenvalue weighted by Crippen LogP contribution is -2.14. The molecule has 34 heavy (non-hydrogen) atoms. The van der Waals surface area contributed by atoms with E-state index in [2.05, 4.69) is 11.9 Å². The summed E-state index contributed by atoms with van der Waals surface area (Å²) in [5.74, 6) is -0.545. The van der Waals surface area contributed by atoms with E-state index in [4.69, 9.17) is 0 Å². The highest BCUT2D eigenvalue weighted by atomic mass is 19.4. The van der Waals surface area contributed by atoms with Gasteiger partial charge in [-0.25, -0.2) is 9.78 Å². The Labute approximate surface area is 197 Å². The number of aryl methyl sites for hydroxylation is 1. The van der Waals surface area contributed by atoms with Crippen molar-refractivity contribution < 1.29 is 23.1 Å². The zero-order valence-corrected chi connectivity index (χ0v) is 19.5. The largest absolute Gasteiger partial charge is 0.478 e. The number of alkyl halides is 3. The van der Waals surface area contributed by atoms with E-state index in [1.54, 1.807) is 18.2 Å². The number of unbranched alkanes of at least 4 members (excludes halogenated alkanes) is 3. The van der Waals surface area contributed by atoms with Crippen LogP contribution in [0, 0.1) is 5.92 Å². The van der Waals surface area contributed by atoms with Crippen molar-refractivity contribution >= 4 is 16.9 Å². The Morgan fingerprint density at radius 2 is 1.94 bits per heavy atom. The second-order valence-electron chi connectivity index (χ2n) is 9.34. The Hall–Kier alpha value is -2.83. The summed E-state index contributed by atoms with van der Waals surface area (Å²) in [6, 6.07) is 9.18. The number of hydrogen-bond donors (Lipinski definition) is 1. The van der Waals surface area contributed by atoms with Crippen molar-refractivity contribution in [2.45, 2.75) is 77.4 Å². The zero-order chi connectivity index (χ0) is 24.3. The van der Waals surface area contributed by atoms with Crippen LogP contribution in [0.25, 0.3) is 10.9 Å². The van der Waals surface area contributed by atoms with Crippen LogP contribution in [0.1, 0.15) is 84.9 Å². The maximum atomic E-state index is 13.3. The maximum absolute atomic E-state index is 13.3. The van der Waals surface area contributed by atoms with Gasteiger partial charge in [-0.3, -0.25) is 0 Å². The molecule has 3 aromatic rings. The first-order valence-electron chi connectivity index (χ1n) is 12.2. The molecule has 4 rings (SSSR count). The lowest BCUT2D eigenvalue weighted by Gasteiger charge is -2.18. The van der Waals surface area contributed by atoms with E-state index in [0.717, 1.165) is 54.8 Å². The number of para-hydroxylation sites is 1. The molecule has 0 bridgehead atoms. The number of aromatic nitrogens is 2. The van der Waals surface area contributed by atoms with Gasteiger partial charge in [-0.2, -0.15) is 13.2 Å². The fourth-order valence-electron chi connectivity index (χ4n) is 5.33. The third kappa shape index (κ3) is 5.13. The molecular weight excluding hydrogens is 441 g/mol. The number of halogens is 3. The second kappa shape index (κ2) is 10.2. The Balaban J connectivity index is 1.78. The molecule has 1 aliphatic rings. The number of fused-ring (bicyclic) bond motifs is 3. The van der Waals surface area contributed by atoms with Crippen LogP contribution in [0.2, 0.25) is 0 Å². The standard InChI is InChI=1S/C27H31F3N2O2/c1-2-3-4-5-9-18-10-6-12-20-21-13-8-14-22(26(33)34)25(21)32(23(20)16-18)17-19-11-7-15-24(31-19)27(28,29)30/h7-8,11,13-15,18H,2-6,9-10,12,16-17H2,1H3,(H,33,34). The van der Waals surface area contributed by atoms with Gasteiger partial charge in [0.1, 0.15) is 5.69 Å². The Morgan fingerprint density at radius 3 is 2.68 bits per heavy atom. The molecule has 0 saturated carbocycles. The fourth-order valence-corrected chi connectivity index (χ4v) is 5.33. The molecule has 0 spiro atoms. The predicted octanol–water partition coefficient (Wildman–Crippen LogP) is 7.27. The first-order valence-corrected chi connectivity index (χ1v) is 12.2. The minimum Gasteiger partial charge on any atom is -0.478 e. The van der Waals surface area contributed by atoms with Crippen molar-refractivity contribution in [2.75, 3.05) is 0 Å². The fraction of sp³-hybridized carbons (Fsp3) is 0.481. The van der Waals surface area contributed by atoms with Crippen molar-refractivity contribution in [1.29, 1.82) is 0 Å². The van der Waals surface area contributed by atoms with E-state index >= 15 is 0 Å². The lowest BCUT2D eigenvalue weighted by atomic mass is 9.93. The van der Waals surface area contributed by atoms with Crippen LogP contribution in [0.4, 0.5) is 13.2 Å². The topological polar surface area (TPSA) is 55.1 Å². The predicted molar refractivity (Wildman–Crippen MR) is 126 cm³/mol. The van der Waals surface area contributed by atoms with Gasteiger partial charge in [0.05, 0.1) is 23.3 Å². The number of carboxylic acids is 1. The monoisotopic (exact) mass is 472 g/mol. The van der Waals surface area contributed by atoms with Gasteiger partial charge < -0.3 is 9.67 Å². The Morgan fingerprint density at radius 1 is 1.15 bits per heavy atom. The molecule has 0 radical (unpaired) electrons. The molecule has 4 nitrogen and oxygen atoms in total. The smallest absolute Gasteiger partial charge is 0.433 e. The summed E-state index contributed by atoms with van der Waals surface area (Å²) >= 11 is 0. The molecule has 1 atom stereocenters. The number of rotatable bonds is 8. The SMILES string of the molecule is CCCCCCC1CCCc2c(n(Cc3cccc(C(F)(F)F)n3)c3c(C(=O)O)cccc23)C1. The molecular formula is C27H31F3N2O2. The Kier molecular flexibility index (Phi) is 7.29. The number of hydrogen-bond acceptors (Lipinski definition) is 2. The van der Waals surface area contributed by atoms with Crippen LogP contribution in [0.3, 0.4) is 0 Å². The first kappa shape index (κ1) is 24.3. The molecule has 1 unspecified atom stereocenters. The summed E-state index contributed by atoms with van der Waals surface area (Å²) in [5, 5.41) is 10.8. The number of carboxylic acid groups (broad SMARTS) is 1. The summed E-state index contributed by atoms with van der Waals surface area (Å²) in [4.78, 5) is 15.9. The quantitative estimate of drug-likeness (QED) is 0.277. The first-order chi connectivity index (χ1) is 16.3. The van der Waals surface area contributed by atoms with E-state index < -0.39 is 17.8 Å². The lowest BCUT2D eigenvalue weighted by molar-refractivity contribution is -0.141. The van der Waals surface area contributed by atoms with Gasteiger partial charge in [0.2, 0.25) is 0 Å². The van der Waals surface area contributed by atoms with Crippen molar-refractivity contribution in [3.8, 4) is 0 Å². The zero-order valence-electron chi connectivity index (χ0n) is 19.5. The van der Waals surface area contributed by atoms with E-state index in [9.17, 15) is 23.1 Å².